The van der Waals surface area contributed by atoms with Gasteiger partial charge >= 0.3 is 0 Å². The Hall–Kier alpha value is -3.20. The van der Waals surface area contributed by atoms with Crippen LogP contribution >= 0.6 is 22.9 Å². The first-order valence-electron chi connectivity index (χ1n) is 9.99. The number of thiazole rings is 1. The van der Waals surface area contributed by atoms with Crippen molar-refractivity contribution in [1.29, 1.82) is 0 Å². The zero-order valence-electron chi connectivity index (χ0n) is 17.6. The molecule has 6 nitrogen and oxygen atoms in total. The van der Waals surface area contributed by atoms with Crippen LogP contribution in [0.3, 0.4) is 0 Å². The van der Waals surface area contributed by atoms with Crippen molar-refractivity contribution in [2.75, 3.05) is 9.62 Å². The Morgan fingerprint density at radius 3 is 2.33 bits per heavy atom. The number of benzene rings is 3. The number of hydrogen-bond acceptors (Lipinski definition) is 5. The highest BCUT2D eigenvalue weighted by Crippen LogP contribution is 2.29. The van der Waals surface area contributed by atoms with Crippen LogP contribution in [0.1, 0.15) is 21.6 Å². The molecule has 0 fully saturated rings. The predicted octanol–water partition coefficient (Wildman–Crippen LogP) is 5.75. The summed E-state index contributed by atoms with van der Waals surface area (Å²) in [6.45, 7) is 1.95. The van der Waals surface area contributed by atoms with Gasteiger partial charge in [-0.05, 0) is 42.8 Å². The van der Waals surface area contributed by atoms with Crippen LogP contribution in [0.2, 0.25) is 5.02 Å². The van der Waals surface area contributed by atoms with Gasteiger partial charge in [0.25, 0.3) is 15.9 Å². The summed E-state index contributed by atoms with van der Waals surface area (Å²) in [4.78, 5) is 17.0. The second-order valence-electron chi connectivity index (χ2n) is 7.22. The predicted molar refractivity (Wildman–Crippen MR) is 133 cm³/mol. The molecular formula is C24H20ClN3O3S2. The van der Waals surface area contributed by atoms with Crippen LogP contribution in [-0.4, -0.2) is 19.3 Å². The molecule has 0 aliphatic carbocycles. The van der Waals surface area contributed by atoms with Crippen molar-refractivity contribution < 1.29 is 13.2 Å². The maximum Gasteiger partial charge on any atom is 0.264 e. The number of carbonyl (C=O) groups is 1. The molecule has 168 valence electrons. The van der Waals surface area contributed by atoms with Gasteiger partial charge in [-0.15, -0.1) is 11.3 Å². The molecule has 0 radical (unpaired) electrons. The fourth-order valence-corrected chi connectivity index (χ4v) is 5.57. The summed E-state index contributed by atoms with van der Waals surface area (Å²) < 4.78 is 28.8. The van der Waals surface area contributed by atoms with Crippen LogP contribution < -0.4 is 9.62 Å². The molecule has 3 aromatic carbocycles. The Morgan fingerprint density at radius 2 is 1.70 bits per heavy atom. The molecule has 4 aromatic rings. The van der Waals surface area contributed by atoms with Crippen molar-refractivity contribution in [3.8, 4) is 0 Å². The minimum atomic E-state index is -4.01. The molecule has 0 saturated carbocycles. The number of halogens is 1. The molecule has 0 unspecified atom stereocenters. The minimum absolute atomic E-state index is 0.0350. The van der Waals surface area contributed by atoms with Gasteiger partial charge in [-0.25, -0.2) is 13.4 Å². The molecule has 33 heavy (non-hydrogen) atoms. The van der Waals surface area contributed by atoms with Gasteiger partial charge < -0.3 is 0 Å². The molecule has 1 aromatic heterocycles. The van der Waals surface area contributed by atoms with Crippen molar-refractivity contribution in [2.24, 2.45) is 0 Å². The Kier molecular flexibility index (Phi) is 6.78. The lowest BCUT2D eigenvalue weighted by Crippen LogP contribution is -2.30. The molecule has 1 amide bonds. The zero-order chi connectivity index (χ0) is 23.4. The lowest BCUT2D eigenvalue weighted by molar-refractivity contribution is 0.102. The molecule has 1 heterocycles. The van der Waals surface area contributed by atoms with Gasteiger partial charge in [-0.3, -0.25) is 14.4 Å². The molecule has 0 aliphatic heterocycles. The largest absolute Gasteiger partial charge is 0.298 e. The number of anilines is 2. The topological polar surface area (TPSA) is 79.4 Å². The van der Waals surface area contributed by atoms with E-state index >= 15 is 0 Å². The molecule has 9 heteroatoms. The summed E-state index contributed by atoms with van der Waals surface area (Å²) in [5, 5.41) is 5.04. The summed E-state index contributed by atoms with van der Waals surface area (Å²) in [5.74, 6) is -0.527. The highest BCUT2D eigenvalue weighted by atomic mass is 35.5. The van der Waals surface area contributed by atoms with Gasteiger partial charge in [0.2, 0.25) is 0 Å². The van der Waals surface area contributed by atoms with E-state index < -0.39 is 15.9 Å². The lowest BCUT2D eigenvalue weighted by atomic mass is 10.2. The maximum absolute atomic E-state index is 13.7. The molecule has 1 N–H and O–H groups in total. The number of sulfonamides is 1. The summed E-state index contributed by atoms with van der Waals surface area (Å²) in [6.07, 6.45) is 0. The molecule has 4 rings (SSSR count). The van der Waals surface area contributed by atoms with Gasteiger partial charge in [-0.2, -0.15) is 0 Å². The molecule has 0 spiro atoms. The van der Waals surface area contributed by atoms with Crippen LogP contribution in [-0.2, 0) is 16.6 Å². The van der Waals surface area contributed by atoms with Crippen molar-refractivity contribution in [1.82, 2.24) is 4.98 Å². The number of nitrogens with zero attached hydrogens (tertiary/aromatic N) is 2. The number of aryl methyl sites for hydroxylation is 1. The summed E-state index contributed by atoms with van der Waals surface area (Å²) >= 11 is 7.53. The Morgan fingerprint density at radius 1 is 1.03 bits per heavy atom. The van der Waals surface area contributed by atoms with E-state index in [1.165, 1.54) is 33.8 Å². The average molecular weight is 498 g/mol. The normalized spacial score (nSPS) is 11.2. The van der Waals surface area contributed by atoms with Gasteiger partial charge in [0.1, 0.15) is 0 Å². The average Bonchev–Trinajstić information content (AvgIpc) is 3.23. The summed E-state index contributed by atoms with van der Waals surface area (Å²) in [5.41, 5.74) is 2.17. The van der Waals surface area contributed by atoms with Crippen LogP contribution in [0.25, 0.3) is 0 Å². The van der Waals surface area contributed by atoms with Crippen LogP contribution in [0.15, 0.2) is 89.1 Å². The van der Waals surface area contributed by atoms with Crippen LogP contribution in [0.4, 0.5) is 10.8 Å². The molecule has 0 atom stereocenters. The Balaban J connectivity index is 1.72. The molecule has 0 bridgehead atoms. The monoisotopic (exact) mass is 497 g/mol. The standard InChI is InChI=1S/C24H20ClN3O3S2/c1-17-16-32-24(26-17)27-23(29)21-14-20(12-13-22(21)25)33(30,31)28(19-10-6-3-7-11-19)15-18-8-4-2-5-9-18/h2-14,16H,15H2,1H3,(H,26,27,29). The number of hydrogen-bond donors (Lipinski definition) is 1. The van der Waals surface area contributed by atoms with Gasteiger partial charge in [0.15, 0.2) is 5.13 Å². The fourth-order valence-electron chi connectivity index (χ4n) is 3.20. The zero-order valence-corrected chi connectivity index (χ0v) is 20.0. The van der Waals surface area contributed by atoms with Crippen LogP contribution in [0.5, 0.6) is 0 Å². The number of carbonyl (C=O) groups excluding carboxylic acids is 1. The summed E-state index contributed by atoms with van der Waals surface area (Å²) in [6, 6.07) is 22.3. The first kappa shape index (κ1) is 23.0. The number of para-hydroxylation sites is 1. The number of amides is 1. The SMILES string of the molecule is Cc1csc(NC(=O)c2cc(S(=O)(=O)N(Cc3ccccc3)c3ccccc3)ccc2Cl)n1. The number of aromatic nitrogens is 1. The van der Waals surface area contributed by atoms with Crippen molar-refractivity contribution in [3.63, 3.8) is 0 Å². The second kappa shape index (κ2) is 9.74. The van der Waals surface area contributed by atoms with E-state index in [-0.39, 0.29) is 22.0 Å². The van der Waals surface area contributed by atoms with Gasteiger partial charge in [0, 0.05) is 5.38 Å². The van der Waals surface area contributed by atoms with Crippen molar-refractivity contribution in [3.05, 3.63) is 106 Å². The van der Waals surface area contributed by atoms with E-state index in [2.05, 4.69) is 10.3 Å². The number of rotatable bonds is 7. The van der Waals surface area contributed by atoms with E-state index in [0.29, 0.717) is 10.8 Å². The minimum Gasteiger partial charge on any atom is -0.298 e. The number of nitrogens with one attached hydrogen (secondary N) is 1. The fraction of sp³-hybridized carbons (Fsp3) is 0.0833. The second-order valence-corrected chi connectivity index (χ2v) is 10.4. The first-order valence-corrected chi connectivity index (χ1v) is 12.7. The van der Waals surface area contributed by atoms with E-state index in [0.717, 1.165) is 11.3 Å². The Bertz CT molecular complexity index is 1370. The van der Waals surface area contributed by atoms with Crippen LogP contribution in [0, 0.1) is 6.92 Å². The quantitative estimate of drug-likeness (QED) is 0.352. The third-order valence-electron chi connectivity index (χ3n) is 4.82. The third-order valence-corrected chi connectivity index (χ3v) is 7.80. The lowest BCUT2D eigenvalue weighted by Gasteiger charge is -2.25. The van der Waals surface area contributed by atoms with Gasteiger partial charge in [-0.1, -0.05) is 60.1 Å². The smallest absolute Gasteiger partial charge is 0.264 e. The van der Waals surface area contributed by atoms with Crippen molar-refractivity contribution >= 4 is 49.7 Å². The first-order chi connectivity index (χ1) is 15.8. The van der Waals surface area contributed by atoms with E-state index in [1.807, 2.05) is 43.3 Å². The van der Waals surface area contributed by atoms with Crippen molar-refractivity contribution in [2.45, 2.75) is 18.4 Å². The third kappa shape index (κ3) is 5.24. The van der Waals surface area contributed by atoms with Gasteiger partial charge in [0.05, 0.1) is 33.4 Å². The van der Waals surface area contributed by atoms with E-state index in [1.54, 1.807) is 29.6 Å². The molecule has 0 saturated heterocycles. The maximum atomic E-state index is 13.7. The van der Waals surface area contributed by atoms with E-state index in [9.17, 15) is 13.2 Å². The highest BCUT2D eigenvalue weighted by Gasteiger charge is 2.27. The Labute approximate surface area is 201 Å². The highest BCUT2D eigenvalue weighted by molar-refractivity contribution is 7.92. The summed E-state index contributed by atoms with van der Waals surface area (Å²) in [7, 11) is -4.01. The molecule has 0 aliphatic rings. The van der Waals surface area contributed by atoms with E-state index in [4.69, 9.17) is 11.6 Å². The molecular weight excluding hydrogens is 478 g/mol.